The molecule has 4 heterocycles. The molecule has 0 radical (unpaired) electrons. The number of amides is 1. The lowest BCUT2D eigenvalue weighted by Crippen LogP contribution is -2.54. The molecule has 0 aliphatic carbocycles. The number of rotatable bonds is 6. The summed E-state index contributed by atoms with van der Waals surface area (Å²) in [7, 11) is 2.02. The van der Waals surface area contributed by atoms with Crippen molar-refractivity contribution in [1.82, 2.24) is 19.8 Å². The van der Waals surface area contributed by atoms with Crippen LogP contribution in [0.5, 0.6) is 6.01 Å². The summed E-state index contributed by atoms with van der Waals surface area (Å²) in [4.78, 5) is 27.5. The van der Waals surface area contributed by atoms with Gasteiger partial charge in [-0.3, -0.25) is 4.79 Å². The number of nitrogens with zero attached hydrogens (tertiary/aromatic N) is 5. The van der Waals surface area contributed by atoms with Crippen molar-refractivity contribution >= 4 is 17.4 Å². The molecule has 1 aromatic carbocycles. The second-order valence-electron chi connectivity index (χ2n) is 11.3. The van der Waals surface area contributed by atoms with Gasteiger partial charge in [0.25, 0.3) is 0 Å². The monoisotopic (exact) mass is 592 g/mol. The summed E-state index contributed by atoms with van der Waals surface area (Å²) in [5.74, 6) is -0.776. The molecule has 3 aliphatic heterocycles. The van der Waals surface area contributed by atoms with Crippen molar-refractivity contribution in [1.29, 1.82) is 0 Å². The van der Waals surface area contributed by atoms with Gasteiger partial charge in [-0.25, -0.2) is 4.39 Å². The fourth-order valence-corrected chi connectivity index (χ4v) is 6.22. The van der Waals surface area contributed by atoms with Gasteiger partial charge in [-0.15, -0.1) is 0 Å². The topological polar surface area (TPSA) is 97.0 Å². The summed E-state index contributed by atoms with van der Waals surface area (Å²) in [6.45, 7) is 9.28. The number of likely N-dealkylation sites (tertiary alicyclic amines) is 1. The van der Waals surface area contributed by atoms with Gasteiger partial charge >= 0.3 is 12.2 Å². The highest BCUT2D eigenvalue weighted by atomic mass is 19.4. The highest BCUT2D eigenvalue weighted by Crippen LogP contribution is 2.44. The maximum absolute atomic E-state index is 15.3. The van der Waals surface area contributed by atoms with Crippen LogP contribution < -0.4 is 15.4 Å². The summed E-state index contributed by atoms with van der Waals surface area (Å²) < 4.78 is 69.6. The number of alkyl halides is 3. The molecule has 2 fully saturated rings. The van der Waals surface area contributed by atoms with E-state index in [9.17, 15) is 18.0 Å². The first-order valence-corrected chi connectivity index (χ1v) is 14.1. The van der Waals surface area contributed by atoms with E-state index in [1.54, 1.807) is 4.90 Å². The highest BCUT2D eigenvalue weighted by molar-refractivity contribution is 5.87. The molecule has 2 saturated heterocycles. The molecule has 1 amide bonds. The molecule has 13 heteroatoms. The van der Waals surface area contributed by atoms with Crippen LogP contribution >= 0.6 is 0 Å². The van der Waals surface area contributed by atoms with E-state index in [-0.39, 0.29) is 48.3 Å². The van der Waals surface area contributed by atoms with Crippen LogP contribution in [-0.2, 0) is 28.7 Å². The molecule has 0 saturated carbocycles. The number of piperazine rings is 1. The lowest BCUT2D eigenvalue weighted by atomic mass is 9.91. The van der Waals surface area contributed by atoms with Crippen molar-refractivity contribution in [3.05, 3.63) is 52.5 Å². The van der Waals surface area contributed by atoms with Crippen molar-refractivity contribution in [3.63, 3.8) is 0 Å². The molecule has 42 heavy (non-hydrogen) atoms. The third kappa shape index (κ3) is 5.76. The number of fused-ring (bicyclic) bond motifs is 1. The van der Waals surface area contributed by atoms with Crippen molar-refractivity contribution in [2.24, 2.45) is 0 Å². The number of likely N-dealkylation sites (N-methyl/N-ethyl adjacent to an activating group) is 1. The molecule has 3 aliphatic rings. The number of anilines is 2. The standard InChI is InChI=1S/C29H36F4N6O3/c1-5-23(40)39-10-9-38(13-17(39)3)27-19-15-41-22(24-25(29(31,32)33)16(2)11-20(34)26(24)30)12-21(19)35-28(36-27)42-14-18-7-6-8-37(18)4/h5,11,17-18,22H,1,6-10,12-15,34H2,2-4H3. The van der Waals surface area contributed by atoms with E-state index in [0.717, 1.165) is 25.5 Å². The average Bonchev–Trinajstić information content (AvgIpc) is 3.36. The van der Waals surface area contributed by atoms with Crippen LogP contribution in [-0.4, -0.2) is 77.6 Å². The molecular formula is C29H36F4N6O3. The predicted molar refractivity (Wildman–Crippen MR) is 149 cm³/mol. The number of nitrogen functional groups attached to an aromatic ring is 1. The summed E-state index contributed by atoms with van der Waals surface area (Å²) in [6, 6.07) is 1.13. The highest BCUT2D eigenvalue weighted by Gasteiger charge is 2.42. The van der Waals surface area contributed by atoms with Crippen molar-refractivity contribution < 1.29 is 31.8 Å². The summed E-state index contributed by atoms with van der Waals surface area (Å²) in [6.07, 6.45) is -2.90. The predicted octanol–water partition coefficient (Wildman–Crippen LogP) is 4.04. The first-order chi connectivity index (χ1) is 19.9. The van der Waals surface area contributed by atoms with E-state index >= 15 is 4.39 Å². The number of aromatic nitrogens is 2. The Morgan fingerprint density at radius 1 is 1.29 bits per heavy atom. The number of hydrogen-bond acceptors (Lipinski definition) is 8. The minimum Gasteiger partial charge on any atom is -0.462 e. The smallest absolute Gasteiger partial charge is 0.417 e. The van der Waals surface area contributed by atoms with Crippen LogP contribution in [0, 0.1) is 12.7 Å². The van der Waals surface area contributed by atoms with E-state index in [1.807, 2.05) is 18.9 Å². The van der Waals surface area contributed by atoms with Crippen LogP contribution in [0.25, 0.3) is 0 Å². The first-order valence-electron chi connectivity index (χ1n) is 14.1. The van der Waals surface area contributed by atoms with Crippen LogP contribution in [0.2, 0.25) is 0 Å². The SMILES string of the molecule is C=CC(=O)N1CCN(c2nc(OCC3CCCN3C)nc3c2COC(c2c(F)c(N)cc(C)c2C(F)(F)F)C3)CC1C. The van der Waals surface area contributed by atoms with E-state index < -0.39 is 29.2 Å². The van der Waals surface area contributed by atoms with Crippen molar-refractivity contribution in [2.45, 2.75) is 64.1 Å². The molecule has 9 nitrogen and oxygen atoms in total. The zero-order valence-electron chi connectivity index (χ0n) is 24.0. The van der Waals surface area contributed by atoms with Crippen LogP contribution in [0.15, 0.2) is 18.7 Å². The third-order valence-electron chi connectivity index (χ3n) is 8.45. The number of aryl methyl sites for hydroxylation is 1. The van der Waals surface area contributed by atoms with Gasteiger partial charge in [0.2, 0.25) is 5.91 Å². The number of carbonyl (C=O) groups is 1. The minimum atomic E-state index is -4.81. The number of hydrogen-bond donors (Lipinski definition) is 1. The van der Waals surface area contributed by atoms with E-state index in [2.05, 4.69) is 16.5 Å². The summed E-state index contributed by atoms with van der Waals surface area (Å²) >= 11 is 0. The van der Waals surface area contributed by atoms with Gasteiger partial charge in [0.1, 0.15) is 12.4 Å². The Morgan fingerprint density at radius 2 is 2.05 bits per heavy atom. The lowest BCUT2D eigenvalue weighted by molar-refractivity contribution is -0.140. The molecule has 2 N–H and O–H groups in total. The van der Waals surface area contributed by atoms with Crippen LogP contribution in [0.1, 0.15) is 53.8 Å². The minimum absolute atomic E-state index is 0.0993. The lowest BCUT2D eigenvalue weighted by Gasteiger charge is -2.41. The Balaban J connectivity index is 1.51. The number of halogens is 4. The second kappa shape index (κ2) is 11.7. The molecule has 228 valence electrons. The Morgan fingerprint density at radius 3 is 2.69 bits per heavy atom. The second-order valence-corrected chi connectivity index (χ2v) is 11.3. The fraction of sp³-hybridized carbons (Fsp3) is 0.552. The van der Waals surface area contributed by atoms with Gasteiger partial charge in [0.15, 0.2) is 5.82 Å². The third-order valence-corrected chi connectivity index (χ3v) is 8.45. The summed E-state index contributed by atoms with van der Waals surface area (Å²) in [5.41, 5.74) is 4.52. The molecule has 3 unspecified atom stereocenters. The zero-order valence-corrected chi connectivity index (χ0v) is 24.0. The van der Waals surface area contributed by atoms with E-state index in [1.165, 1.54) is 13.0 Å². The maximum Gasteiger partial charge on any atom is 0.417 e. The number of benzene rings is 1. The average molecular weight is 593 g/mol. The molecule has 1 aromatic heterocycles. The van der Waals surface area contributed by atoms with Crippen molar-refractivity contribution in [3.8, 4) is 6.01 Å². The quantitative estimate of drug-likeness (QED) is 0.305. The molecule has 5 rings (SSSR count). The van der Waals surface area contributed by atoms with Gasteiger partial charge in [0, 0.05) is 49.3 Å². The van der Waals surface area contributed by atoms with Gasteiger partial charge in [-0.05, 0) is 58.0 Å². The van der Waals surface area contributed by atoms with Crippen molar-refractivity contribution in [2.75, 3.05) is 50.5 Å². The first kappa shape index (κ1) is 30.0. The van der Waals surface area contributed by atoms with Crippen LogP contribution in [0.4, 0.5) is 29.1 Å². The Hall–Kier alpha value is -3.45. The Bertz CT molecular complexity index is 1370. The molecular weight excluding hydrogens is 556 g/mol. The molecule has 2 aromatic rings. The fourth-order valence-electron chi connectivity index (χ4n) is 6.22. The normalized spacial score (nSPS) is 23.2. The van der Waals surface area contributed by atoms with Gasteiger partial charge in [0.05, 0.1) is 29.7 Å². The van der Waals surface area contributed by atoms with E-state index in [0.29, 0.717) is 43.3 Å². The Labute approximate surface area is 242 Å². The van der Waals surface area contributed by atoms with Gasteiger partial charge < -0.3 is 29.9 Å². The summed E-state index contributed by atoms with van der Waals surface area (Å²) in [5, 5.41) is 0. The van der Waals surface area contributed by atoms with Crippen LogP contribution in [0.3, 0.4) is 0 Å². The zero-order chi connectivity index (χ0) is 30.3. The number of carbonyl (C=O) groups excluding carboxylic acids is 1. The number of nitrogens with two attached hydrogens (primary N) is 1. The number of ether oxygens (including phenoxy) is 2. The maximum atomic E-state index is 15.3. The molecule has 0 bridgehead atoms. The van der Waals surface area contributed by atoms with E-state index in [4.69, 9.17) is 20.2 Å². The molecule has 3 atom stereocenters. The largest absolute Gasteiger partial charge is 0.462 e. The Kier molecular flexibility index (Phi) is 8.35. The van der Waals surface area contributed by atoms with Gasteiger partial charge in [-0.1, -0.05) is 6.58 Å². The van der Waals surface area contributed by atoms with Gasteiger partial charge in [-0.2, -0.15) is 23.1 Å². The molecule has 0 spiro atoms.